The Balaban J connectivity index is 1.80. The van der Waals surface area contributed by atoms with E-state index in [2.05, 4.69) is 15.6 Å². The predicted molar refractivity (Wildman–Crippen MR) is 95.2 cm³/mol. The zero-order valence-corrected chi connectivity index (χ0v) is 15.0. The lowest BCUT2D eigenvalue weighted by Crippen LogP contribution is -2.46. The van der Waals surface area contributed by atoms with Crippen LogP contribution in [0.1, 0.15) is 24.8 Å². The lowest BCUT2D eigenvalue weighted by molar-refractivity contribution is -0.147. The van der Waals surface area contributed by atoms with Gasteiger partial charge in [0.2, 0.25) is 11.8 Å². The number of nitrogens with one attached hydrogen (secondary N) is 2. The van der Waals surface area contributed by atoms with Gasteiger partial charge in [0.05, 0.1) is 0 Å². The molecule has 0 saturated carbocycles. The molecule has 2 rings (SSSR count). The Labute approximate surface area is 151 Å². The van der Waals surface area contributed by atoms with Crippen LogP contribution in [0, 0.1) is 0 Å². The van der Waals surface area contributed by atoms with Gasteiger partial charge in [-0.1, -0.05) is 29.3 Å². The summed E-state index contributed by atoms with van der Waals surface area (Å²) in [5.41, 5.74) is 0.894. The number of carbonyl (C=O) groups is 2. The molecule has 1 aliphatic rings. The van der Waals surface area contributed by atoms with E-state index in [-0.39, 0.29) is 11.8 Å². The van der Waals surface area contributed by atoms with Crippen molar-refractivity contribution in [3.05, 3.63) is 33.8 Å². The van der Waals surface area contributed by atoms with Gasteiger partial charge in [0.1, 0.15) is 0 Å². The molecule has 0 radical (unpaired) electrons. The van der Waals surface area contributed by atoms with Crippen LogP contribution in [0.3, 0.4) is 0 Å². The smallest absolute Gasteiger partial charge is 0.229 e. The molecule has 6 nitrogen and oxygen atoms in total. The minimum atomic E-state index is -0.107. The Morgan fingerprint density at radius 2 is 1.92 bits per heavy atom. The van der Waals surface area contributed by atoms with Crippen LogP contribution in [0.15, 0.2) is 23.2 Å². The number of guanidine groups is 1. The van der Waals surface area contributed by atoms with Crippen molar-refractivity contribution in [3.63, 3.8) is 0 Å². The van der Waals surface area contributed by atoms with E-state index in [0.717, 1.165) is 5.56 Å². The van der Waals surface area contributed by atoms with Crippen molar-refractivity contribution in [1.29, 1.82) is 0 Å². The van der Waals surface area contributed by atoms with Crippen molar-refractivity contribution in [2.24, 2.45) is 4.99 Å². The highest BCUT2D eigenvalue weighted by molar-refractivity contribution is 6.35. The molecule has 130 valence electrons. The van der Waals surface area contributed by atoms with Gasteiger partial charge >= 0.3 is 0 Å². The van der Waals surface area contributed by atoms with E-state index < -0.39 is 0 Å². The number of halogens is 2. The minimum absolute atomic E-state index is 0.107. The summed E-state index contributed by atoms with van der Waals surface area (Å²) in [5, 5.41) is 7.38. The first kappa shape index (κ1) is 18.5. The summed E-state index contributed by atoms with van der Waals surface area (Å²) in [6.45, 7) is 1.25. The van der Waals surface area contributed by atoms with Gasteiger partial charge in [0.25, 0.3) is 0 Å². The van der Waals surface area contributed by atoms with Crippen LogP contribution in [-0.4, -0.2) is 42.8 Å². The number of amides is 2. The molecule has 2 amide bonds. The molecule has 0 aliphatic carbocycles. The minimum Gasteiger partial charge on any atom is -0.355 e. The highest BCUT2D eigenvalue weighted by atomic mass is 35.5. The van der Waals surface area contributed by atoms with Crippen molar-refractivity contribution in [1.82, 2.24) is 15.5 Å². The molecule has 0 spiro atoms. The van der Waals surface area contributed by atoms with Gasteiger partial charge in [-0.2, -0.15) is 0 Å². The van der Waals surface area contributed by atoms with Gasteiger partial charge in [0, 0.05) is 49.6 Å². The maximum atomic E-state index is 11.7. The van der Waals surface area contributed by atoms with Crippen LogP contribution < -0.4 is 10.6 Å². The van der Waals surface area contributed by atoms with Crippen molar-refractivity contribution < 1.29 is 9.59 Å². The molecule has 0 atom stereocenters. The van der Waals surface area contributed by atoms with Gasteiger partial charge in [-0.15, -0.1) is 0 Å². The number of hydrogen-bond acceptors (Lipinski definition) is 3. The first-order valence-corrected chi connectivity index (χ1v) is 8.48. The second-order valence-corrected chi connectivity index (χ2v) is 6.22. The van der Waals surface area contributed by atoms with E-state index in [9.17, 15) is 9.59 Å². The number of carbonyl (C=O) groups excluding carboxylic acids is 2. The summed E-state index contributed by atoms with van der Waals surface area (Å²) in [6.07, 6.45) is 1.52. The maximum Gasteiger partial charge on any atom is 0.229 e. The van der Waals surface area contributed by atoms with Crippen LogP contribution in [0.25, 0.3) is 0 Å². The largest absolute Gasteiger partial charge is 0.355 e. The fourth-order valence-electron chi connectivity index (χ4n) is 2.40. The molecule has 1 aliphatic heterocycles. The van der Waals surface area contributed by atoms with Gasteiger partial charge in [-0.05, 0) is 24.1 Å². The summed E-state index contributed by atoms with van der Waals surface area (Å²) < 4.78 is 0. The normalized spacial score (nSPS) is 15.6. The summed E-state index contributed by atoms with van der Waals surface area (Å²) >= 11 is 12.0. The number of piperidine rings is 1. The predicted octanol–water partition coefficient (Wildman–Crippen LogP) is 2.20. The average Bonchev–Trinajstić information content (AvgIpc) is 2.54. The summed E-state index contributed by atoms with van der Waals surface area (Å²) in [6, 6.07) is 5.30. The van der Waals surface area contributed by atoms with Crippen LogP contribution in [0.4, 0.5) is 0 Å². The standard InChI is InChI=1S/C16H20Cl2N4O2/c1-19-16(21-10-11-5-6-12(17)9-13(11)18)20-7-8-22-14(23)3-2-4-15(22)24/h5-6,9H,2-4,7-8,10H2,1H3,(H2,19,20,21). The number of hydrogen-bond donors (Lipinski definition) is 2. The quantitative estimate of drug-likeness (QED) is 0.473. The fraction of sp³-hybridized carbons (Fsp3) is 0.438. The Bertz CT molecular complexity index is 633. The Hall–Kier alpha value is -1.79. The molecule has 2 N–H and O–H groups in total. The van der Waals surface area contributed by atoms with Gasteiger partial charge in [0.15, 0.2) is 5.96 Å². The van der Waals surface area contributed by atoms with Crippen molar-refractivity contribution in [2.45, 2.75) is 25.8 Å². The highest BCUT2D eigenvalue weighted by Gasteiger charge is 2.25. The van der Waals surface area contributed by atoms with Crippen molar-refractivity contribution >= 4 is 41.0 Å². The second-order valence-electron chi connectivity index (χ2n) is 5.38. The number of benzene rings is 1. The van der Waals surface area contributed by atoms with Gasteiger partial charge < -0.3 is 10.6 Å². The molecule has 24 heavy (non-hydrogen) atoms. The van der Waals surface area contributed by atoms with Crippen LogP contribution in [0.2, 0.25) is 10.0 Å². The fourth-order valence-corrected chi connectivity index (χ4v) is 2.88. The third kappa shape index (κ3) is 5.11. The van der Waals surface area contributed by atoms with Crippen LogP contribution in [-0.2, 0) is 16.1 Å². The summed E-state index contributed by atoms with van der Waals surface area (Å²) in [4.78, 5) is 28.9. The Morgan fingerprint density at radius 3 is 2.54 bits per heavy atom. The molecule has 1 heterocycles. The van der Waals surface area contributed by atoms with E-state index >= 15 is 0 Å². The van der Waals surface area contributed by atoms with Crippen LogP contribution >= 0.6 is 23.2 Å². The van der Waals surface area contributed by atoms with Crippen molar-refractivity contribution in [2.75, 3.05) is 20.1 Å². The maximum absolute atomic E-state index is 11.7. The lowest BCUT2D eigenvalue weighted by atomic mass is 10.1. The third-order valence-electron chi connectivity index (χ3n) is 3.70. The van der Waals surface area contributed by atoms with Crippen molar-refractivity contribution in [3.8, 4) is 0 Å². The van der Waals surface area contributed by atoms with E-state index in [1.54, 1.807) is 19.2 Å². The molecule has 1 saturated heterocycles. The van der Waals surface area contributed by atoms with E-state index in [0.29, 0.717) is 54.9 Å². The number of aliphatic imine (C=N–C) groups is 1. The molecule has 0 unspecified atom stereocenters. The summed E-state index contributed by atoms with van der Waals surface area (Å²) in [7, 11) is 1.65. The lowest BCUT2D eigenvalue weighted by Gasteiger charge is -2.25. The molecule has 0 aromatic heterocycles. The topological polar surface area (TPSA) is 73.8 Å². The van der Waals surface area contributed by atoms with E-state index in [1.165, 1.54) is 4.90 Å². The van der Waals surface area contributed by atoms with Crippen LogP contribution in [0.5, 0.6) is 0 Å². The SMILES string of the molecule is CN=C(NCCN1C(=O)CCCC1=O)NCc1ccc(Cl)cc1Cl. The first-order valence-electron chi connectivity index (χ1n) is 7.73. The first-order chi connectivity index (χ1) is 11.5. The molecule has 1 fully saturated rings. The number of nitrogens with zero attached hydrogens (tertiary/aromatic N) is 2. The molecular weight excluding hydrogens is 351 g/mol. The molecule has 0 bridgehead atoms. The van der Waals surface area contributed by atoms with E-state index in [1.807, 2.05) is 6.07 Å². The molecular formula is C16H20Cl2N4O2. The number of imide groups is 1. The summed E-state index contributed by atoms with van der Waals surface area (Å²) in [5.74, 6) is 0.353. The average molecular weight is 371 g/mol. The molecule has 8 heteroatoms. The van der Waals surface area contributed by atoms with Gasteiger partial charge in [-0.25, -0.2) is 0 Å². The second kappa shape index (κ2) is 8.89. The Kier molecular flexibility index (Phi) is 6.87. The highest BCUT2D eigenvalue weighted by Crippen LogP contribution is 2.20. The molecule has 1 aromatic rings. The zero-order chi connectivity index (χ0) is 17.5. The Morgan fingerprint density at radius 1 is 1.21 bits per heavy atom. The zero-order valence-electron chi connectivity index (χ0n) is 13.4. The van der Waals surface area contributed by atoms with Gasteiger partial charge in [-0.3, -0.25) is 19.5 Å². The van der Waals surface area contributed by atoms with E-state index in [4.69, 9.17) is 23.2 Å². The number of rotatable bonds is 5. The monoisotopic (exact) mass is 370 g/mol. The molecule has 1 aromatic carbocycles. The third-order valence-corrected chi connectivity index (χ3v) is 4.28. The number of likely N-dealkylation sites (tertiary alicyclic amines) is 1.